The number of benzene rings is 5. The van der Waals surface area contributed by atoms with Crippen LogP contribution in [0.3, 0.4) is 0 Å². The van der Waals surface area contributed by atoms with E-state index in [0.717, 1.165) is 38.2 Å². The van der Waals surface area contributed by atoms with Crippen molar-refractivity contribution in [1.82, 2.24) is 4.90 Å². The number of ether oxygens (including phenoxy) is 1. The van der Waals surface area contributed by atoms with Gasteiger partial charge in [-0.3, -0.25) is 19.3 Å². The molecule has 4 N–H and O–H groups in total. The van der Waals surface area contributed by atoms with E-state index in [9.17, 15) is 14.4 Å². The van der Waals surface area contributed by atoms with Crippen molar-refractivity contribution in [2.24, 2.45) is 5.73 Å². The van der Waals surface area contributed by atoms with E-state index in [-0.39, 0.29) is 18.9 Å². The van der Waals surface area contributed by atoms with Crippen molar-refractivity contribution >= 4 is 39.9 Å². The Balaban J connectivity index is 1.15. The van der Waals surface area contributed by atoms with Gasteiger partial charge in [0, 0.05) is 71.0 Å². The average molecular weight is 585 g/mol. The quantitative estimate of drug-likeness (QED) is 0.168. The average Bonchev–Trinajstić information content (AvgIpc) is 3.06. The number of hydrogen-bond donors (Lipinski definition) is 3. The fraction of sp³-hybridized carbons (Fsp3) is 0.139. The van der Waals surface area contributed by atoms with Crippen LogP contribution in [-0.2, 0) is 17.9 Å². The van der Waals surface area contributed by atoms with E-state index in [0.29, 0.717) is 41.0 Å². The summed E-state index contributed by atoms with van der Waals surface area (Å²) in [5.74, 6) is -0.523. The lowest BCUT2D eigenvalue weighted by molar-refractivity contribution is -0.116. The van der Waals surface area contributed by atoms with E-state index in [1.807, 2.05) is 72.8 Å². The predicted octanol–water partition coefficient (Wildman–Crippen LogP) is 6.21. The number of nitrogens with one attached hydrogen (secondary N) is 2. The number of rotatable bonds is 10. The summed E-state index contributed by atoms with van der Waals surface area (Å²) in [4.78, 5) is 41.1. The minimum absolute atomic E-state index is 0.0456. The molecule has 5 aromatic carbocycles. The highest BCUT2D eigenvalue weighted by atomic mass is 16.5. The van der Waals surface area contributed by atoms with Crippen LogP contribution in [0.2, 0.25) is 0 Å². The van der Waals surface area contributed by atoms with Crippen LogP contribution in [0.5, 0.6) is 5.75 Å². The van der Waals surface area contributed by atoms with Crippen molar-refractivity contribution in [3.8, 4) is 16.9 Å². The standard InChI is InChI=1S/C36H32N4O4/c1-44-32-20-26(13-14-27(32)25-9-3-2-4-10-25)39-33(41)17-18-40-35(42)29-12-6-11-28-31(16-15-30(34(28)29)36(40)43)38-22-24-8-5-7-23(19-24)21-37/h2-16,19-20,38H,17-18,21-22,37H2,1H3,(H,39,41). The second kappa shape index (κ2) is 12.4. The molecule has 0 saturated heterocycles. The first-order valence-electron chi connectivity index (χ1n) is 14.4. The molecule has 0 spiro atoms. The lowest BCUT2D eigenvalue weighted by Gasteiger charge is -2.27. The molecule has 0 aliphatic carbocycles. The third kappa shape index (κ3) is 5.63. The number of nitrogens with zero attached hydrogens (tertiary/aromatic N) is 1. The molecule has 8 nitrogen and oxygen atoms in total. The molecule has 0 atom stereocenters. The topological polar surface area (TPSA) is 114 Å². The Morgan fingerprint density at radius 3 is 2.30 bits per heavy atom. The van der Waals surface area contributed by atoms with Crippen LogP contribution in [0.15, 0.2) is 103 Å². The summed E-state index contributed by atoms with van der Waals surface area (Å²) in [6.07, 6.45) is -0.0486. The van der Waals surface area contributed by atoms with E-state index in [4.69, 9.17) is 10.5 Å². The van der Waals surface area contributed by atoms with E-state index >= 15 is 0 Å². The largest absolute Gasteiger partial charge is 0.496 e. The first-order chi connectivity index (χ1) is 21.5. The number of anilines is 2. The van der Waals surface area contributed by atoms with Crippen LogP contribution in [0, 0.1) is 0 Å². The molecule has 0 saturated carbocycles. The molecule has 0 fully saturated rings. The molecule has 0 radical (unpaired) electrons. The summed E-state index contributed by atoms with van der Waals surface area (Å²) < 4.78 is 5.56. The molecule has 1 aliphatic heterocycles. The van der Waals surface area contributed by atoms with Crippen molar-refractivity contribution in [3.05, 3.63) is 125 Å². The normalized spacial score (nSPS) is 12.4. The predicted molar refractivity (Wildman–Crippen MR) is 173 cm³/mol. The van der Waals surface area contributed by atoms with Crippen molar-refractivity contribution in [1.29, 1.82) is 0 Å². The van der Waals surface area contributed by atoms with Gasteiger partial charge in [-0.1, -0.05) is 66.7 Å². The van der Waals surface area contributed by atoms with Gasteiger partial charge >= 0.3 is 0 Å². The summed E-state index contributed by atoms with van der Waals surface area (Å²) in [5, 5.41) is 7.72. The van der Waals surface area contributed by atoms with Gasteiger partial charge in [-0.05, 0) is 47.0 Å². The van der Waals surface area contributed by atoms with Gasteiger partial charge in [0.2, 0.25) is 5.91 Å². The summed E-state index contributed by atoms with van der Waals surface area (Å²) in [5.41, 5.74) is 12.1. The maximum absolute atomic E-state index is 13.5. The number of carbonyl (C=O) groups is 3. The van der Waals surface area contributed by atoms with Crippen LogP contribution >= 0.6 is 0 Å². The van der Waals surface area contributed by atoms with Gasteiger partial charge in [-0.25, -0.2) is 0 Å². The molecular formula is C36H32N4O4. The summed E-state index contributed by atoms with van der Waals surface area (Å²) in [7, 11) is 1.58. The van der Waals surface area contributed by atoms with Crippen LogP contribution in [0.4, 0.5) is 11.4 Å². The van der Waals surface area contributed by atoms with Gasteiger partial charge in [-0.2, -0.15) is 0 Å². The summed E-state index contributed by atoms with van der Waals surface area (Å²) in [6.45, 7) is 0.986. The van der Waals surface area contributed by atoms with E-state index in [2.05, 4.69) is 16.7 Å². The minimum Gasteiger partial charge on any atom is -0.496 e. The summed E-state index contributed by atoms with van der Waals surface area (Å²) in [6, 6.07) is 32.4. The highest BCUT2D eigenvalue weighted by molar-refractivity contribution is 6.26. The van der Waals surface area contributed by atoms with Crippen LogP contribution in [-0.4, -0.2) is 36.3 Å². The monoisotopic (exact) mass is 584 g/mol. The Hall–Kier alpha value is -5.47. The number of nitrogens with two attached hydrogens (primary N) is 1. The molecule has 3 amide bonds. The van der Waals surface area contributed by atoms with E-state index in [1.165, 1.54) is 0 Å². The zero-order chi connectivity index (χ0) is 30.6. The zero-order valence-corrected chi connectivity index (χ0v) is 24.3. The Kier molecular flexibility index (Phi) is 8.08. The van der Waals surface area contributed by atoms with Gasteiger partial charge in [0.15, 0.2) is 0 Å². The minimum atomic E-state index is -0.414. The number of methoxy groups -OCH3 is 1. The highest BCUT2D eigenvalue weighted by Gasteiger charge is 2.33. The number of hydrogen-bond acceptors (Lipinski definition) is 6. The third-order valence-electron chi connectivity index (χ3n) is 7.83. The maximum atomic E-state index is 13.5. The molecule has 5 aromatic rings. The van der Waals surface area contributed by atoms with Gasteiger partial charge in [0.25, 0.3) is 11.8 Å². The molecular weight excluding hydrogens is 552 g/mol. The van der Waals surface area contributed by atoms with Crippen LogP contribution in [0.25, 0.3) is 21.9 Å². The number of imide groups is 1. The van der Waals surface area contributed by atoms with E-state index in [1.54, 1.807) is 31.4 Å². The van der Waals surface area contributed by atoms with Gasteiger partial charge < -0.3 is 21.1 Å². The van der Waals surface area contributed by atoms with Gasteiger partial charge in [0.1, 0.15) is 5.75 Å². The molecule has 0 aromatic heterocycles. The summed E-state index contributed by atoms with van der Waals surface area (Å²) >= 11 is 0. The molecule has 44 heavy (non-hydrogen) atoms. The molecule has 1 heterocycles. The van der Waals surface area contributed by atoms with Crippen LogP contribution in [0.1, 0.15) is 38.3 Å². The maximum Gasteiger partial charge on any atom is 0.261 e. The lowest BCUT2D eigenvalue weighted by Crippen LogP contribution is -2.41. The number of carbonyl (C=O) groups excluding carboxylic acids is 3. The number of amides is 3. The van der Waals surface area contributed by atoms with Gasteiger partial charge in [-0.15, -0.1) is 0 Å². The Labute approximate surface area is 255 Å². The SMILES string of the molecule is COc1cc(NC(=O)CCN2C(=O)c3cccc4c(NCc5cccc(CN)c5)ccc(c34)C2=O)ccc1-c1ccccc1. The second-order valence-corrected chi connectivity index (χ2v) is 10.6. The van der Waals surface area contributed by atoms with E-state index < -0.39 is 11.8 Å². The Morgan fingerprint density at radius 2 is 1.52 bits per heavy atom. The highest BCUT2D eigenvalue weighted by Crippen LogP contribution is 2.35. The molecule has 220 valence electrons. The van der Waals surface area contributed by atoms with Crippen LogP contribution < -0.4 is 21.1 Å². The van der Waals surface area contributed by atoms with Crippen molar-refractivity contribution in [2.45, 2.75) is 19.5 Å². The zero-order valence-electron chi connectivity index (χ0n) is 24.3. The van der Waals surface area contributed by atoms with Crippen molar-refractivity contribution < 1.29 is 19.1 Å². The fourth-order valence-electron chi connectivity index (χ4n) is 5.63. The van der Waals surface area contributed by atoms with Crippen molar-refractivity contribution in [2.75, 3.05) is 24.3 Å². The molecule has 0 bridgehead atoms. The smallest absolute Gasteiger partial charge is 0.261 e. The molecule has 0 unspecified atom stereocenters. The second-order valence-electron chi connectivity index (χ2n) is 10.6. The first kappa shape index (κ1) is 28.6. The first-order valence-corrected chi connectivity index (χ1v) is 14.4. The van der Waals surface area contributed by atoms with Gasteiger partial charge in [0.05, 0.1) is 7.11 Å². The molecule has 1 aliphatic rings. The molecule has 8 heteroatoms. The lowest BCUT2D eigenvalue weighted by atomic mass is 9.93. The van der Waals surface area contributed by atoms with Crippen molar-refractivity contribution in [3.63, 3.8) is 0 Å². The Morgan fingerprint density at radius 1 is 0.795 bits per heavy atom. The fourth-order valence-corrected chi connectivity index (χ4v) is 5.63. The Bertz CT molecular complexity index is 1860. The molecule has 6 rings (SSSR count). The third-order valence-corrected chi connectivity index (χ3v) is 7.83.